The van der Waals surface area contributed by atoms with Crippen LogP contribution in [0.3, 0.4) is 0 Å². The van der Waals surface area contributed by atoms with Crippen LogP contribution in [0.25, 0.3) is 0 Å². The van der Waals surface area contributed by atoms with Crippen molar-refractivity contribution >= 4 is 0 Å². The lowest BCUT2D eigenvalue weighted by Gasteiger charge is -2.34. The van der Waals surface area contributed by atoms with Crippen LogP contribution in [0.1, 0.15) is 44.9 Å². The van der Waals surface area contributed by atoms with Crippen LogP contribution in [-0.2, 0) is 6.42 Å². The number of hydrogen-bond donors (Lipinski definition) is 1. The zero-order chi connectivity index (χ0) is 12.7. The van der Waals surface area contributed by atoms with Crippen LogP contribution in [0, 0.1) is 17.8 Å². The number of terminal acetylenes is 1. The molecule has 0 bridgehead atoms. The van der Waals surface area contributed by atoms with E-state index in [1.54, 1.807) is 0 Å². The zero-order valence-electron chi connectivity index (χ0n) is 11.2. The first-order chi connectivity index (χ1) is 7.86. The summed E-state index contributed by atoms with van der Waals surface area (Å²) in [4.78, 5) is 0. The summed E-state index contributed by atoms with van der Waals surface area (Å²) >= 11 is 0. The standard InChI is InChI=1S/C16H21N/c1-6-16(4,5)17-14-13-10-8-7-9-12(13)11-15(14,2)3/h1,7-10,14,17H,11H2,2-5H3. The highest BCUT2D eigenvalue weighted by Gasteiger charge is 2.40. The normalized spacial score (nSPS) is 21.9. The first-order valence-corrected chi connectivity index (χ1v) is 6.19. The third-order valence-corrected chi connectivity index (χ3v) is 3.66. The molecule has 1 aromatic carbocycles. The van der Waals surface area contributed by atoms with Crippen LogP contribution >= 0.6 is 0 Å². The third-order valence-electron chi connectivity index (χ3n) is 3.66. The van der Waals surface area contributed by atoms with Crippen molar-refractivity contribution in [1.29, 1.82) is 0 Å². The Hall–Kier alpha value is -1.26. The topological polar surface area (TPSA) is 12.0 Å². The predicted octanol–water partition coefficient (Wildman–Crippen LogP) is 3.31. The highest BCUT2D eigenvalue weighted by Crippen LogP contribution is 2.45. The molecule has 1 N–H and O–H groups in total. The van der Waals surface area contributed by atoms with Gasteiger partial charge in [-0.05, 0) is 36.8 Å². The highest BCUT2D eigenvalue weighted by atomic mass is 15.0. The van der Waals surface area contributed by atoms with Gasteiger partial charge in [-0.2, -0.15) is 0 Å². The molecule has 0 amide bonds. The number of fused-ring (bicyclic) bond motifs is 1. The Morgan fingerprint density at radius 1 is 1.35 bits per heavy atom. The summed E-state index contributed by atoms with van der Waals surface area (Å²) in [5.41, 5.74) is 2.81. The fraction of sp³-hybridized carbons (Fsp3) is 0.500. The summed E-state index contributed by atoms with van der Waals surface area (Å²) in [6.45, 7) is 8.72. The molecule has 90 valence electrons. The summed E-state index contributed by atoms with van der Waals surface area (Å²) in [5, 5.41) is 3.62. The highest BCUT2D eigenvalue weighted by molar-refractivity contribution is 5.38. The Kier molecular flexibility index (Phi) is 2.79. The van der Waals surface area contributed by atoms with Gasteiger partial charge < -0.3 is 0 Å². The third kappa shape index (κ3) is 2.23. The average molecular weight is 227 g/mol. The predicted molar refractivity (Wildman–Crippen MR) is 72.7 cm³/mol. The lowest BCUT2D eigenvalue weighted by atomic mass is 9.84. The van der Waals surface area contributed by atoms with Crippen molar-refractivity contribution in [2.24, 2.45) is 5.41 Å². The Morgan fingerprint density at radius 2 is 2.00 bits per heavy atom. The SMILES string of the molecule is C#CC(C)(C)NC1c2ccccc2CC1(C)C. The van der Waals surface area contributed by atoms with Gasteiger partial charge in [0.1, 0.15) is 0 Å². The van der Waals surface area contributed by atoms with Gasteiger partial charge in [0.15, 0.2) is 0 Å². The fourth-order valence-corrected chi connectivity index (χ4v) is 2.67. The molecular weight excluding hydrogens is 206 g/mol. The quantitative estimate of drug-likeness (QED) is 0.764. The second-order valence-electron chi connectivity index (χ2n) is 6.21. The van der Waals surface area contributed by atoms with Gasteiger partial charge >= 0.3 is 0 Å². The molecule has 0 saturated heterocycles. The second-order valence-corrected chi connectivity index (χ2v) is 6.21. The number of hydrogen-bond acceptors (Lipinski definition) is 1. The molecule has 0 fully saturated rings. The van der Waals surface area contributed by atoms with Crippen molar-refractivity contribution < 1.29 is 0 Å². The van der Waals surface area contributed by atoms with Crippen molar-refractivity contribution in [3.8, 4) is 12.3 Å². The van der Waals surface area contributed by atoms with Gasteiger partial charge in [0.05, 0.1) is 5.54 Å². The van der Waals surface area contributed by atoms with E-state index in [1.807, 2.05) is 0 Å². The van der Waals surface area contributed by atoms with E-state index in [2.05, 4.69) is 63.2 Å². The first kappa shape index (κ1) is 12.2. The van der Waals surface area contributed by atoms with Crippen molar-refractivity contribution in [2.75, 3.05) is 0 Å². The van der Waals surface area contributed by atoms with Crippen molar-refractivity contribution in [1.82, 2.24) is 5.32 Å². The van der Waals surface area contributed by atoms with E-state index in [9.17, 15) is 0 Å². The monoisotopic (exact) mass is 227 g/mol. The molecule has 17 heavy (non-hydrogen) atoms. The van der Waals surface area contributed by atoms with Crippen molar-refractivity contribution in [2.45, 2.75) is 45.7 Å². The number of nitrogens with one attached hydrogen (secondary N) is 1. The van der Waals surface area contributed by atoms with Crippen molar-refractivity contribution in [3.05, 3.63) is 35.4 Å². The van der Waals surface area contributed by atoms with Crippen LogP contribution in [0.15, 0.2) is 24.3 Å². The van der Waals surface area contributed by atoms with Crippen LogP contribution in [0.5, 0.6) is 0 Å². The largest absolute Gasteiger partial charge is 0.294 e. The molecule has 1 aliphatic rings. The van der Waals surface area contributed by atoms with Crippen LogP contribution in [0.4, 0.5) is 0 Å². The summed E-state index contributed by atoms with van der Waals surface area (Å²) in [6.07, 6.45) is 6.69. The van der Waals surface area contributed by atoms with E-state index < -0.39 is 0 Å². The van der Waals surface area contributed by atoms with E-state index in [0.29, 0.717) is 6.04 Å². The summed E-state index contributed by atoms with van der Waals surface area (Å²) in [6, 6.07) is 9.00. The molecule has 0 aliphatic heterocycles. The number of rotatable bonds is 2. The summed E-state index contributed by atoms with van der Waals surface area (Å²) in [7, 11) is 0. The summed E-state index contributed by atoms with van der Waals surface area (Å²) < 4.78 is 0. The number of benzene rings is 1. The summed E-state index contributed by atoms with van der Waals surface area (Å²) in [5.74, 6) is 2.83. The van der Waals surface area contributed by atoms with Gasteiger partial charge in [-0.15, -0.1) is 6.42 Å². The Morgan fingerprint density at radius 3 is 2.65 bits per heavy atom. The van der Waals surface area contributed by atoms with E-state index in [-0.39, 0.29) is 11.0 Å². The minimum Gasteiger partial charge on any atom is -0.294 e. The molecular formula is C16H21N. The molecule has 0 heterocycles. The molecule has 0 spiro atoms. The lowest BCUT2D eigenvalue weighted by Crippen LogP contribution is -2.44. The Bertz CT molecular complexity index is 463. The molecule has 1 aliphatic carbocycles. The van der Waals surface area contributed by atoms with Gasteiger partial charge in [-0.1, -0.05) is 44.0 Å². The zero-order valence-corrected chi connectivity index (χ0v) is 11.2. The van der Waals surface area contributed by atoms with Crippen LogP contribution in [-0.4, -0.2) is 5.54 Å². The van der Waals surface area contributed by atoms with Gasteiger partial charge in [0.25, 0.3) is 0 Å². The smallest absolute Gasteiger partial charge is 0.0746 e. The first-order valence-electron chi connectivity index (χ1n) is 6.19. The van der Waals surface area contributed by atoms with Gasteiger partial charge in [-0.25, -0.2) is 0 Å². The average Bonchev–Trinajstić information content (AvgIpc) is 2.50. The molecule has 1 atom stereocenters. The van der Waals surface area contributed by atoms with Gasteiger partial charge in [0.2, 0.25) is 0 Å². The minimum atomic E-state index is -0.264. The van der Waals surface area contributed by atoms with Gasteiger partial charge in [-0.3, -0.25) is 5.32 Å². The maximum absolute atomic E-state index is 5.58. The van der Waals surface area contributed by atoms with E-state index >= 15 is 0 Å². The molecule has 0 saturated carbocycles. The van der Waals surface area contributed by atoms with Crippen molar-refractivity contribution in [3.63, 3.8) is 0 Å². The van der Waals surface area contributed by atoms with E-state index in [0.717, 1.165) is 6.42 Å². The van der Waals surface area contributed by atoms with Gasteiger partial charge in [0, 0.05) is 6.04 Å². The molecule has 1 unspecified atom stereocenters. The molecule has 1 nitrogen and oxygen atoms in total. The Balaban J connectivity index is 2.36. The Labute approximate surface area is 105 Å². The van der Waals surface area contributed by atoms with Crippen LogP contribution < -0.4 is 5.32 Å². The molecule has 1 aromatic rings. The lowest BCUT2D eigenvalue weighted by molar-refractivity contribution is 0.237. The minimum absolute atomic E-state index is 0.220. The molecule has 1 heteroatoms. The van der Waals surface area contributed by atoms with E-state index in [1.165, 1.54) is 11.1 Å². The fourth-order valence-electron chi connectivity index (χ4n) is 2.67. The second kappa shape index (κ2) is 3.89. The molecule has 0 aromatic heterocycles. The van der Waals surface area contributed by atoms with Crippen LogP contribution in [0.2, 0.25) is 0 Å². The van der Waals surface area contributed by atoms with E-state index in [4.69, 9.17) is 6.42 Å². The maximum Gasteiger partial charge on any atom is 0.0746 e. The maximum atomic E-state index is 5.58. The molecule has 0 radical (unpaired) electrons. The molecule has 2 rings (SSSR count).